The second-order valence-electron chi connectivity index (χ2n) is 4.18. The molecule has 19 heavy (non-hydrogen) atoms. The van der Waals surface area contributed by atoms with Gasteiger partial charge in [-0.2, -0.15) is 0 Å². The van der Waals surface area contributed by atoms with Crippen molar-refractivity contribution in [3.05, 3.63) is 22.7 Å². The van der Waals surface area contributed by atoms with Gasteiger partial charge < -0.3 is 10.1 Å². The van der Waals surface area contributed by atoms with Crippen molar-refractivity contribution >= 4 is 21.6 Å². The van der Waals surface area contributed by atoms with Crippen LogP contribution in [0.4, 0.5) is 18.9 Å². The summed E-state index contributed by atoms with van der Waals surface area (Å²) in [6.07, 6.45) is -0.0947. The zero-order valence-corrected chi connectivity index (χ0v) is 12.3. The highest BCUT2D eigenvalue weighted by molar-refractivity contribution is 9.10. The van der Waals surface area contributed by atoms with Crippen molar-refractivity contribution in [1.82, 2.24) is 0 Å². The number of alkyl halides is 3. The normalized spacial score (nSPS) is 11.4. The van der Waals surface area contributed by atoms with Crippen molar-refractivity contribution in [2.75, 3.05) is 11.9 Å². The van der Waals surface area contributed by atoms with E-state index < -0.39 is 6.36 Å². The Morgan fingerprint density at radius 3 is 2.53 bits per heavy atom. The number of anilines is 1. The quantitative estimate of drug-likeness (QED) is 0.677. The fourth-order valence-corrected chi connectivity index (χ4v) is 2.06. The van der Waals surface area contributed by atoms with Gasteiger partial charge in [-0.1, -0.05) is 26.2 Å². The molecule has 0 aliphatic rings. The third-order valence-corrected chi connectivity index (χ3v) is 3.14. The zero-order chi connectivity index (χ0) is 14.3. The summed E-state index contributed by atoms with van der Waals surface area (Å²) in [6.45, 7) is 2.95. The lowest BCUT2D eigenvalue weighted by atomic mass is 10.2. The number of nitrogens with one attached hydrogen (secondary N) is 1. The van der Waals surface area contributed by atoms with E-state index in [-0.39, 0.29) is 10.2 Å². The molecule has 0 aliphatic carbocycles. The monoisotopic (exact) mass is 339 g/mol. The maximum Gasteiger partial charge on any atom is 0.573 e. The highest BCUT2D eigenvalue weighted by Gasteiger charge is 2.31. The molecule has 0 fully saturated rings. The number of ether oxygens (including phenoxy) is 1. The van der Waals surface area contributed by atoms with Crippen molar-refractivity contribution in [2.45, 2.75) is 39.0 Å². The third kappa shape index (κ3) is 6.71. The molecule has 0 unspecified atom stereocenters. The van der Waals surface area contributed by atoms with Gasteiger partial charge in [0.25, 0.3) is 0 Å². The second-order valence-corrected chi connectivity index (χ2v) is 5.03. The molecule has 1 aromatic rings. The zero-order valence-electron chi connectivity index (χ0n) is 10.7. The molecule has 108 valence electrons. The van der Waals surface area contributed by atoms with E-state index in [0.29, 0.717) is 0 Å². The van der Waals surface area contributed by atoms with Crippen LogP contribution in [0.5, 0.6) is 5.75 Å². The average molecular weight is 340 g/mol. The largest absolute Gasteiger partial charge is 0.573 e. The van der Waals surface area contributed by atoms with Gasteiger partial charge >= 0.3 is 6.36 Å². The first-order valence-corrected chi connectivity index (χ1v) is 7.01. The first-order valence-electron chi connectivity index (χ1n) is 6.21. The van der Waals surface area contributed by atoms with Gasteiger partial charge in [0.05, 0.1) is 4.47 Å². The lowest BCUT2D eigenvalue weighted by Crippen LogP contribution is -2.17. The van der Waals surface area contributed by atoms with Gasteiger partial charge in [-0.05, 0) is 40.5 Å². The molecule has 0 aromatic heterocycles. The summed E-state index contributed by atoms with van der Waals surface area (Å²) in [7, 11) is 0. The van der Waals surface area contributed by atoms with Gasteiger partial charge in [0, 0.05) is 12.2 Å². The molecule has 0 aliphatic heterocycles. The lowest BCUT2D eigenvalue weighted by molar-refractivity contribution is -0.274. The van der Waals surface area contributed by atoms with Crippen LogP contribution in [0, 0.1) is 0 Å². The molecule has 0 saturated carbocycles. The Morgan fingerprint density at radius 1 is 1.21 bits per heavy atom. The molecule has 0 saturated heterocycles. The molecule has 6 heteroatoms. The number of benzene rings is 1. The van der Waals surface area contributed by atoms with E-state index in [1.54, 1.807) is 12.1 Å². The SMILES string of the molecule is CCCCCCNc1ccc(OC(F)(F)F)c(Br)c1. The summed E-state index contributed by atoms with van der Waals surface area (Å²) >= 11 is 3.07. The van der Waals surface area contributed by atoms with Crippen molar-refractivity contribution in [3.8, 4) is 5.75 Å². The van der Waals surface area contributed by atoms with E-state index in [1.807, 2.05) is 0 Å². The van der Waals surface area contributed by atoms with Crippen LogP contribution >= 0.6 is 15.9 Å². The molecule has 0 atom stereocenters. The summed E-state index contributed by atoms with van der Waals surface area (Å²) < 4.78 is 40.4. The van der Waals surface area contributed by atoms with Crippen LogP contribution in [0.15, 0.2) is 22.7 Å². The van der Waals surface area contributed by atoms with Crippen molar-refractivity contribution in [1.29, 1.82) is 0 Å². The number of unbranched alkanes of at least 4 members (excludes halogenated alkanes) is 3. The highest BCUT2D eigenvalue weighted by Crippen LogP contribution is 2.32. The third-order valence-electron chi connectivity index (χ3n) is 2.52. The maximum absolute atomic E-state index is 12.1. The standard InChI is InChI=1S/C13H17BrF3NO/c1-2-3-4-5-8-18-10-6-7-12(11(14)9-10)19-13(15,16)17/h6-7,9,18H,2-5,8H2,1H3. The molecule has 0 amide bonds. The van der Waals surface area contributed by atoms with E-state index in [2.05, 4.69) is 32.9 Å². The van der Waals surface area contributed by atoms with Gasteiger partial charge in [-0.15, -0.1) is 13.2 Å². The molecular weight excluding hydrogens is 323 g/mol. The molecule has 0 spiro atoms. The Bertz CT molecular complexity index is 396. The highest BCUT2D eigenvalue weighted by atomic mass is 79.9. The van der Waals surface area contributed by atoms with Gasteiger partial charge in [0.15, 0.2) is 0 Å². The van der Waals surface area contributed by atoms with Gasteiger partial charge in [0.1, 0.15) is 5.75 Å². The Hall–Kier alpha value is -0.910. The smallest absolute Gasteiger partial charge is 0.405 e. The number of hydrogen-bond acceptors (Lipinski definition) is 2. The van der Waals surface area contributed by atoms with Crippen LogP contribution < -0.4 is 10.1 Å². The van der Waals surface area contributed by atoms with Crippen LogP contribution in [0.1, 0.15) is 32.6 Å². The molecule has 2 nitrogen and oxygen atoms in total. The fraction of sp³-hybridized carbons (Fsp3) is 0.538. The average Bonchev–Trinajstić information content (AvgIpc) is 2.31. The van der Waals surface area contributed by atoms with Crippen molar-refractivity contribution in [3.63, 3.8) is 0 Å². The number of hydrogen-bond donors (Lipinski definition) is 1. The first kappa shape index (κ1) is 16.1. The van der Waals surface area contributed by atoms with Crippen molar-refractivity contribution < 1.29 is 17.9 Å². The van der Waals surface area contributed by atoms with E-state index in [1.165, 1.54) is 18.9 Å². The summed E-state index contributed by atoms with van der Waals surface area (Å²) in [5.74, 6) is -0.232. The van der Waals surface area contributed by atoms with E-state index in [4.69, 9.17) is 0 Å². The Morgan fingerprint density at radius 2 is 1.95 bits per heavy atom. The summed E-state index contributed by atoms with van der Waals surface area (Å²) in [6, 6.07) is 4.46. The fourth-order valence-electron chi connectivity index (χ4n) is 1.60. The van der Waals surface area contributed by atoms with E-state index in [0.717, 1.165) is 25.1 Å². The Kier molecular flexibility index (Phi) is 6.48. The van der Waals surface area contributed by atoms with Gasteiger partial charge in [-0.25, -0.2) is 0 Å². The van der Waals surface area contributed by atoms with Crippen LogP contribution in [0.2, 0.25) is 0 Å². The Balaban J connectivity index is 2.47. The Labute approximate surface area is 119 Å². The topological polar surface area (TPSA) is 21.3 Å². The molecule has 0 heterocycles. The van der Waals surface area contributed by atoms with Gasteiger partial charge in [-0.3, -0.25) is 0 Å². The molecule has 1 rings (SSSR count). The molecule has 1 aromatic carbocycles. The van der Waals surface area contributed by atoms with Crippen LogP contribution in [-0.2, 0) is 0 Å². The number of halogens is 4. The summed E-state index contributed by atoms with van der Waals surface area (Å²) in [4.78, 5) is 0. The van der Waals surface area contributed by atoms with Crippen molar-refractivity contribution in [2.24, 2.45) is 0 Å². The molecule has 0 bridgehead atoms. The minimum absolute atomic E-state index is 0.232. The molecule has 0 radical (unpaired) electrons. The van der Waals surface area contributed by atoms with Crippen LogP contribution in [0.25, 0.3) is 0 Å². The van der Waals surface area contributed by atoms with Crippen LogP contribution in [-0.4, -0.2) is 12.9 Å². The minimum Gasteiger partial charge on any atom is -0.405 e. The number of rotatable bonds is 7. The predicted octanol–water partition coefficient (Wildman–Crippen LogP) is 5.34. The van der Waals surface area contributed by atoms with Crippen LogP contribution in [0.3, 0.4) is 0 Å². The predicted molar refractivity (Wildman–Crippen MR) is 73.5 cm³/mol. The van der Waals surface area contributed by atoms with Gasteiger partial charge in [0.2, 0.25) is 0 Å². The van der Waals surface area contributed by atoms with E-state index >= 15 is 0 Å². The summed E-state index contributed by atoms with van der Waals surface area (Å²) in [5, 5.41) is 3.17. The van der Waals surface area contributed by atoms with E-state index in [9.17, 15) is 13.2 Å². The second kappa shape index (κ2) is 7.62. The summed E-state index contributed by atoms with van der Waals surface area (Å²) in [5.41, 5.74) is 0.776. The minimum atomic E-state index is -4.67. The maximum atomic E-state index is 12.1. The first-order chi connectivity index (χ1) is 8.92. The lowest BCUT2D eigenvalue weighted by Gasteiger charge is -2.12. The molecule has 1 N–H and O–H groups in total. The molecular formula is C13H17BrF3NO.